The van der Waals surface area contributed by atoms with Crippen molar-refractivity contribution in [2.75, 3.05) is 13.7 Å². The van der Waals surface area contributed by atoms with E-state index in [1.165, 1.54) is 5.56 Å². The zero-order valence-electron chi connectivity index (χ0n) is 9.79. The van der Waals surface area contributed by atoms with Gasteiger partial charge in [-0.3, -0.25) is 0 Å². The topological polar surface area (TPSA) is 47.3 Å². The largest absolute Gasteiger partial charge is 0.496 e. The van der Waals surface area contributed by atoms with Crippen LogP contribution < -0.4 is 15.8 Å². The van der Waals surface area contributed by atoms with E-state index in [1.54, 1.807) is 7.11 Å². The van der Waals surface area contributed by atoms with Crippen molar-refractivity contribution >= 4 is 15.9 Å². The number of nitrogens with two attached hydrogens (primary N) is 1. The third-order valence-corrected chi connectivity index (χ3v) is 2.94. The highest BCUT2D eigenvalue weighted by atomic mass is 79.9. The molecule has 0 aromatic heterocycles. The van der Waals surface area contributed by atoms with E-state index >= 15 is 0 Å². The second kappa shape index (κ2) is 6.89. The minimum Gasteiger partial charge on any atom is -0.496 e. The first-order valence-electron chi connectivity index (χ1n) is 5.42. The smallest absolute Gasteiger partial charge is 0.133 e. The Bertz CT molecular complexity index is 329. The lowest BCUT2D eigenvalue weighted by Gasteiger charge is -2.09. The number of nitrogens with one attached hydrogen (secondary N) is 1. The van der Waals surface area contributed by atoms with E-state index in [0.717, 1.165) is 29.7 Å². The summed E-state index contributed by atoms with van der Waals surface area (Å²) in [5.41, 5.74) is 6.90. The Kier molecular flexibility index (Phi) is 5.80. The number of hydrogen-bond donors (Lipinski definition) is 2. The van der Waals surface area contributed by atoms with Gasteiger partial charge < -0.3 is 15.8 Å². The van der Waals surface area contributed by atoms with E-state index in [4.69, 9.17) is 10.5 Å². The SMILES string of the molecule is COc1ccc(CNCCC(C)N)cc1Br. The Labute approximate surface area is 105 Å². The Balaban J connectivity index is 2.40. The van der Waals surface area contributed by atoms with Crippen LogP contribution in [0.4, 0.5) is 0 Å². The van der Waals surface area contributed by atoms with E-state index in [-0.39, 0.29) is 6.04 Å². The highest BCUT2D eigenvalue weighted by molar-refractivity contribution is 9.10. The number of hydrogen-bond acceptors (Lipinski definition) is 3. The van der Waals surface area contributed by atoms with Gasteiger partial charge >= 0.3 is 0 Å². The second-order valence-corrected chi connectivity index (χ2v) is 4.77. The molecule has 0 heterocycles. The van der Waals surface area contributed by atoms with Crippen LogP contribution in [0.5, 0.6) is 5.75 Å². The molecule has 0 amide bonds. The molecule has 0 saturated heterocycles. The maximum atomic E-state index is 5.67. The van der Waals surface area contributed by atoms with Crippen LogP contribution in [0.3, 0.4) is 0 Å². The van der Waals surface area contributed by atoms with Crippen molar-refractivity contribution in [2.45, 2.75) is 25.9 Å². The predicted octanol–water partition coefficient (Wildman–Crippen LogP) is 2.28. The van der Waals surface area contributed by atoms with Crippen LogP contribution in [0.25, 0.3) is 0 Å². The minimum atomic E-state index is 0.259. The summed E-state index contributed by atoms with van der Waals surface area (Å²) in [7, 11) is 1.67. The van der Waals surface area contributed by atoms with Crippen molar-refractivity contribution in [1.29, 1.82) is 0 Å². The molecule has 16 heavy (non-hydrogen) atoms. The van der Waals surface area contributed by atoms with Gasteiger partial charge in [-0.05, 0) is 53.5 Å². The molecule has 3 N–H and O–H groups in total. The Hall–Kier alpha value is -0.580. The van der Waals surface area contributed by atoms with Crippen LogP contribution in [0.1, 0.15) is 18.9 Å². The van der Waals surface area contributed by atoms with Crippen LogP contribution in [-0.2, 0) is 6.54 Å². The zero-order valence-corrected chi connectivity index (χ0v) is 11.4. The first kappa shape index (κ1) is 13.5. The van der Waals surface area contributed by atoms with Crippen LogP contribution in [0, 0.1) is 0 Å². The van der Waals surface area contributed by atoms with Gasteiger partial charge in [0.05, 0.1) is 11.6 Å². The molecule has 0 aliphatic carbocycles. The summed E-state index contributed by atoms with van der Waals surface area (Å²) < 4.78 is 6.16. The number of methoxy groups -OCH3 is 1. The normalized spacial score (nSPS) is 12.5. The molecule has 1 aromatic rings. The van der Waals surface area contributed by atoms with Crippen molar-refractivity contribution in [3.8, 4) is 5.75 Å². The van der Waals surface area contributed by atoms with Gasteiger partial charge in [0.25, 0.3) is 0 Å². The lowest BCUT2D eigenvalue weighted by molar-refractivity contribution is 0.412. The lowest BCUT2D eigenvalue weighted by atomic mass is 10.2. The maximum absolute atomic E-state index is 5.67. The first-order valence-corrected chi connectivity index (χ1v) is 6.21. The Morgan fingerprint density at radius 3 is 2.81 bits per heavy atom. The summed E-state index contributed by atoms with van der Waals surface area (Å²) in [5.74, 6) is 0.860. The fourth-order valence-corrected chi connectivity index (χ4v) is 1.97. The summed E-state index contributed by atoms with van der Waals surface area (Å²) in [6.07, 6.45) is 0.997. The lowest BCUT2D eigenvalue weighted by Crippen LogP contribution is -2.23. The van der Waals surface area contributed by atoms with E-state index in [9.17, 15) is 0 Å². The summed E-state index contributed by atoms with van der Waals surface area (Å²) in [4.78, 5) is 0. The van der Waals surface area contributed by atoms with Crippen LogP contribution in [0.2, 0.25) is 0 Å². The van der Waals surface area contributed by atoms with Gasteiger partial charge in [-0.25, -0.2) is 0 Å². The monoisotopic (exact) mass is 286 g/mol. The second-order valence-electron chi connectivity index (χ2n) is 3.91. The minimum absolute atomic E-state index is 0.259. The molecule has 0 fully saturated rings. The number of halogens is 1. The predicted molar refractivity (Wildman–Crippen MR) is 70.7 cm³/mol. The third-order valence-electron chi connectivity index (χ3n) is 2.32. The van der Waals surface area contributed by atoms with E-state index in [1.807, 2.05) is 13.0 Å². The molecule has 0 bridgehead atoms. The van der Waals surface area contributed by atoms with Crippen LogP contribution >= 0.6 is 15.9 Å². The zero-order chi connectivity index (χ0) is 12.0. The highest BCUT2D eigenvalue weighted by Gasteiger charge is 2.01. The molecule has 1 atom stereocenters. The Morgan fingerprint density at radius 1 is 1.50 bits per heavy atom. The van der Waals surface area contributed by atoms with Crippen molar-refractivity contribution in [2.24, 2.45) is 5.73 Å². The average molecular weight is 287 g/mol. The quantitative estimate of drug-likeness (QED) is 0.789. The highest BCUT2D eigenvalue weighted by Crippen LogP contribution is 2.25. The molecular formula is C12H19BrN2O. The van der Waals surface area contributed by atoms with Gasteiger partial charge in [-0.2, -0.15) is 0 Å². The fourth-order valence-electron chi connectivity index (χ4n) is 1.38. The summed E-state index contributed by atoms with van der Waals surface area (Å²) in [6, 6.07) is 6.35. The molecule has 3 nitrogen and oxygen atoms in total. The van der Waals surface area contributed by atoms with Crippen molar-refractivity contribution in [3.63, 3.8) is 0 Å². The molecule has 0 aliphatic heterocycles. The fraction of sp³-hybridized carbons (Fsp3) is 0.500. The molecule has 1 unspecified atom stereocenters. The van der Waals surface area contributed by atoms with Crippen molar-refractivity contribution in [1.82, 2.24) is 5.32 Å². The van der Waals surface area contributed by atoms with Crippen molar-refractivity contribution < 1.29 is 4.74 Å². The summed E-state index contributed by atoms with van der Waals surface area (Å²) in [6.45, 7) is 3.82. The van der Waals surface area contributed by atoms with Gasteiger partial charge in [0.15, 0.2) is 0 Å². The average Bonchev–Trinajstić information content (AvgIpc) is 2.24. The molecule has 0 spiro atoms. The molecule has 4 heteroatoms. The molecule has 1 rings (SSSR count). The third kappa shape index (κ3) is 4.51. The van der Waals surface area contributed by atoms with Gasteiger partial charge in [0, 0.05) is 12.6 Å². The van der Waals surface area contributed by atoms with Crippen LogP contribution in [0.15, 0.2) is 22.7 Å². The van der Waals surface area contributed by atoms with Gasteiger partial charge in [0.2, 0.25) is 0 Å². The maximum Gasteiger partial charge on any atom is 0.133 e. The number of ether oxygens (including phenoxy) is 1. The van der Waals surface area contributed by atoms with Gasteiger partial charge in [-0.1, -0.05) is 6.07 Å². The number of benzene rings is 1. The van der Waals surface area contributed by atoms with E-state index in [0.29, 0.717) is 0 Å². The van der Waals surface area contributed by atoms with E-state index in [2.05, 4.69) is 33.4 Å². The Morgan fingerprint density at radius 2 is 2.25 bits per heavy atom. The first-order chi connectivity index (χ1) is 7.63. The number of rotatable bonds is 6. The van der Waals surface area contributed by atoms with E-state index < -0.39 is 0 Å². The van der Waals surface area contributed by atoms with Gasteiger partial charge in [0.1, 0.15) is 5.75 Å². The molecule has 0 saturated carbocycles. The molecule has 90 valence electrons. The summed E-state index contributed by atoms with van der Waals surface area (Å²) in [5, 5.41) is 3.36. The van der Waals surface area contributed by atoms with Crippen LogP contribution in [-0.4, -0.2) is 19.7 Å². The van der Waals surface area contributed by atoms with Crippen molar-refractivity contribution in [3.05, 3.63) is 28.2 Å². The molecule has 0 radical (unpaired) electrons. The summed E-state index contributed by atoms with van der Waals surface area (Å²) >= 11 is 3.47. The molecule has 1 aromatic carbocycles. The van der Waals surface area contributed by atoms with Gasteiger partial charge in [-0.15, -0.1) is 0 Å². The molecule has 0 aliphatic rings. The molecular weight excluding hydrogens is 268 g/mol. The standard InChI is InChI=1S/C12H19BrN2O/c1-9(14)5-6-15-8-10-3-4-12(16-2)11(13)7-10/h3-4,7,9,15H,5-6,8,14H2,1-2H3.